The van der Waals surface area contributed by atoms with Crippen molar-refractivity contribution in [3.05, 3.63) is 36.0 Å². The normalized spacial score (nSPS) is 17.7. The van der Waals surface area contributed by atoms with E-state index >= 15 is 0 Å². The van der Waals surface area contributed by atoms with Gasteiger partial charge in [-0.05, 0) is 37.8 Å². The zero-order chi connectivity index (χ0) is 17.1. The van der Waals surface area contributed by atoms with Gasteiger partial charge in [0.2, 0.25) is 5.91 Å². The number of carbonyl (C=O) groups is 2. The first-order valence-corrected chi connectivity index (χ1v) is 8.23. The lowest BCUT2D eigenvalue weighted by Gasteiger charge is -2.32. The van der Waals surface area contributed by atoms with Gasteiger partial charge < -0.3 is 16.0 Å². The summed E-state index contributed by atoms with van der Waals surface area (Å²) >= 11 is 0. The Morgan fingerprint density at radius 1 is 1.33 bits per heavy atom. The first kappa shape index (κ1) is 16.2. The summed E-state index contributed by atoms with van der Waals surface area (Å²) < 4.78 is 0. The number of nitrogens with two attached hydrogens (primary N) is 1. The molecule has 1 aliphatic heterocycles. The highest BCUT2D eigenvalue weighted by Crippen LogP contribution is 2.24. The van der Waals surface area contributed by atoms with Gasteiger partial charge in [-0.1, -0.05) is 18.2 Å². The van der Waals surface area contributed by atoms with Crippen LogP contribution in [0.25, 0.3) is 10.9 Å². The van der Waals surface area contributed by atoms with Crippen molar-refractivity contribution in [2.24, 2.45) is 11.7 Å². The summed E-state index contributed by atoms with van der Waals surface area (Å²) in [5.41, 5.74) is 7.68. The fourth-order valence-electron chi connectivity index (χ4n) is 3.24. The number of para-hydroxylation sites is 1. The van der Waals surface area contributed by atoms with E-state index in [0.717, 1.165) is 29.4 Å². The fraction of sp³-hybridized carbons (Fsp3) is 0.389. The maximum atomic E-state index is 12.6. The highest BCUT2D eigenvalue weighted by Gasteiger charge is 2.25. The highest BCUT2D eigenvalue weighted by atomic mass is 16.2. The standard InChI is InChI=1S/C18H22N4O2/c1-12-7-8-14-5-2-6-15(17(14)20-12)21-18(24)22-9-3-4-13(11-22)10-16(19)23/h2,5-8,13H,3-4,9-11H2,1H3,(H2,19,23)(H,21,24)/t13-/m1/s1. The molecule has 2 aromatic rings. The quantitative estimate of drug-likeness (QED) is 0.909. The number of fused-ring (bicyclic) bond motifs is 1. The molecule has 0 unspecified atom stereocenters. The van der Waals surface area contributed by atoms with Crippen molar-refractivity contribution in [3.8, 4) is 0 Å². The van der Waals surface area contributed by atoms with E-state index < -0.39 is 0 Å². The van der Waals surface area contributed by atoms with E-state index in [2.05, 4.69) is 10.3 Å². The summed E-state index contributed by atoms with van der Waals surface area (Å²) in [7, 11) is 0. The van der Waals surface area contributed by atoms with Crippen LogP contribution in [0.4, 0.5) is 10.5 Å². The minimum absolute atomic E-state index is 0.148. The van der Waals surface area contributed by atoms with Crippen molar-refractivity contribution in [2.75, 3.05) is 18.4 Å². The highest BCUT2D eigenvalue weighted by molar-refractivity contribution is 5.99. The Hall–Kier alpha value is -2.63. The van der Waals surface area contributed by atoms with Crippen LogP contribution in [0.2, 0.25) is 0 Å². The average Bonchev–Trinajstić information content (AvgIpc) is 2.55. The van der Waals surface area contributed by atoms with Crippen LogP contribution in [0.15, 0.2) is 30.3 Å². The lowest BCUT2D eigenvalue weighted by atomic mass is 9.95. The molecule has 1 atom stereocenters. The largest absolute Gasteiger partial charge is 0.370 e. The van der Waals surface area contributed by atoms with Crippen LogP contribution in [0.3, 0.4) is 0 Å². The van der Waals surface area contributed by atoms with Gasteiger partial charge in [0.25, 0.3) is 0 Å². The zero-order valence-corrected chi connectivity index (χ0v) is 13.8. The third-order valence-corrected chi connectivity index (χ3v) is 4.40. The number of piperidine rings is 1. The first-order valence-electron chi connectivity index (χ1n) is 8.23. The van der Waals surface area contributed by atoms with Crippen LogP contribution in [0, 0.1) is 12.8 Å². The number of aryl methyl sites for hydroxylation is 1. The van der Waals surface area contributed by atoms with Crippen LogP contribution in [0.1, 0.15) is 25.0 Å². The van der Waals surface area contributed by atoms with Crippen LogP contribution in [-0.4, -0.2) is 34.9 Å². The summed E-state index contributed by atoms with van der Waals surface area (Å²) in [6.07, 6.45) is 2.15. The fourth-order valence-corrected chi connectivity index (χ4v) is 3.24. The molecule has 1 aromatic carbocycles. The van der Waals surface area contributed by atoms with E-state index in [-0.39, 0.29) is 17.9 Å². The summed E-state index contributed by atoms with van der Waals surface area (Å²) in [5.74, 6) is -0.161. The molecule has 1 aromatic heterocycles. The summed E-state index contributed by atoms with van der Waals surface area (Å²) in [5, 5.41) is 3.95. The predicted octanol–water partition coefficient (Wildman–Crippen LogP) is 2.66. The number of nitrogens with zero attached hydrogens (tertiary/aromatic N) is 2. The molecule has 1 aliphatic rings. The van der Waals surface area contributed by atoms with Crippen molar-refractivity contribution < 1.29 is 9.59 Å². The van der Waals surface area contributed by atoms with Gasteiger partial charge >= 0.3 is 6.03 Å². The van der Waals surface area contributed by atoms with E-state index in [4.69, 9.17) is 5.73 Å². The van der Waals surface area contributed by atoms with Gasteiger partial charge in [0, 0.05) is 30.6 Å². The van der Waals surface area contributed by atoms with E-state index in [1.165, 1.54) is 0 Å². The minimum atomic E-state index is -0.309. The molecule has 3 amide bonds. The number of pyridine rings is 1. The number of nitrogens with one attached hydrogen (secondary N) is 1. The third-order valence-electron chi connectivity index (χ3n) is 4.40. The van der Waals surface area contributed by atoms with E-state index in [1.807, 2.05) is 37.3 Å². The number of urea groups is 1. The zero-order valence-electron chi connectivity index (χ0n) is 13.8. The Balaban J connectivity index is 1.75. The molecule has 24 heavy (non-hydrogen) atoms. The molecule has 1 saturated heterocycles. The molecular weight excluding hydrogens is 304 g/mol. The number of anilines is 1. The lowest BCUT2D eigenvalue weighted by Crippen LogP contribution is -2.43. The molecule has 0 saturated carbocycles. The maximum Gasteiger partial charge on any atom is 0.321 e. The molecule has 126 valence electrons. The van der Waals surface area contributed by atoms with Crippen LogP contribution in [0.5, 0.6) is 0 Å². The van der Waals surface area contributed by atoms with Crippen molar-refractivity contribution in [3.63, 3.8) is 0 Å². The van der Waals surface area contributed by atoms with Crippen molar-refractivity contribution in [2.45, 2.75) is 26.2 Å². The van der Waals surface area contributed by atoms with Gasteiger partial charge in [-0.15, -0.1) is 0 Å². The average molecular weight is 326 g/mol. The van der Waals surface area contributed by atoms with Crippen molar-refractivity contribution in [1.82, 2.24) is 9.88 Å². The molecular formula is C18H22N4O2. The second-order valence-electron chi connectivity index (χ2n) is 6.38. The first-order chi connectivity index (χ1) is 11.5. The lowest BCUT2D eigenvalue weighted by molar-refractivity contribution is -0.119. The van der Waals surface area contributed by atoms with E-state index in [0.29, 0.717) is 25.2 Å². The molecule has 3 N–H and O–H groups in total. The van der Waals surface area contributed by atoms with Crippen LogP contribution >= 0.6 is 0 Å². The van der Waals surface area contributed by atoms with Gasteiger partial charge in [0.1, 0.15) is 0 Å². The van der Waals surface area contributed by atoms with Gasteiger partial charge in [-0.2, -0.15) is 0 Å². The van der Waals surface area contributed by atoms with Crippen LogP contribution in [-0.2, 0) is 4.79 Å². The Labute approximate surface area is 141 Å². The molecule has 0 radical (unpaired) electrons. The van der Waals surface area contributed by atoms with Crippen molar-refractivity contribution in [1.29, 1.82) is 0 Å². The monoisotopic (exact) mass is 326 g/mol. The van der Waals surface area contributed by atoms with E-state index in [9.17, 15) is 9.59 Å². The number of likely N-dealkylation sites (tertiary alicyclic amines) is 1. The SMILES string of the molecule is Cc1ccc2cccc(NC(=O)N3CCC[C@H](CC(N)=O)C3)c2n1. The number of rotatable bonds is 3. The van der Waals surface area contributed by atoms with Gasteiger partial charge in [0.15, 0.2) is 0 Å². The van der Waals surface area contributed by atoms with Crippen LogP contribution < -0.4 is 11.1 Å². The second kappa shape index (κ2) is 6.86. The molecule has 0 bridgehead atoms. The molecule has 0 spiro atoms. The number of hydrogen-bond donors (Lipinski definition) is 2. The minimum Gasteiger partial charge on any atom is -0.370 e. The number of carbonyl (C=O) groups excluding carboxylic acids is 2. The Morgan fingerprint density at radius 3 is 2.96 bits per heavy atom. The summed E-state index contributed by atoms with van der Waals surface area (Å²) in [6, 6.07) is 9.53. The number of benzene rings is 1. The number of amides is 3. The number of aromatic nitrogens is 1. The molecule has 3 rings (SSSR count). The summed E-state index contributed by atoms with van der Waals surface area (Å²) in [6.45, 7) is 3.18. The smallest absolute Gasteiger partial charge is 0.321 e. The van der Waals surface area contributed by atoms with Gasteiger partial charge in [-0.25, -0.2) is 4.79 Å². The van der Waals surface area contributed by atoms with Gasteiger partial charge in [0.05, 0.1) is 11.2 Å². The topological polar surface area (TPSA) is 88.3 Å². The second-order valence-corrected chi connectivity index (χ2v) is 6.38. The van der Waals surface area contributed by atoms with Crippen molar-refractivity contribution >= 4 is 28.5 Å². The molecule has 6 heteroatoms. The Morgan fingerprint density at radius 2 is 2.17 bits per heavy atom. The molecule has 0 aliphatic carbocycles. The molecule has 1 fully saturated rings. The Bertz CT molecular complexity index is 775. The predicted molar refractivity (Wildman–Crippen MR) is 93.6 cm³/mol. The van der Waals surface area contributed by atoms with E-state index in [1.54, 1.807) is 4.90 Å². The number of primary amides is 1. The Kier molecular flexibility index (Phi) is 4.64. The molecule has 2 heterocycles. The molecule has 6 nitrogen and oxygen atoms in total. The van der Waals surface area contributed by atoms with Gasteiger partial charge in [-0.3, -0.25) is 9.78 Å². The third kappa shape index (κ3) is 3.64. The number of hydrogen-bond acceptors (Lipinski definition) is 3. The summed E-state index contributed by atoms with van der Waals surface area (Å²) in [4.78, 5) is 30.0. The maximum absolute atomic E-state index is 12.6.